The number of nitrogens with one attached hydrogen (secondary N) is 2. The number of hydrogen-bond donors (Lipinski definition) is 2. The number of nitrogens with zero attached hydrogens (tertiary/aromatic N) is 3. The van der Waals surface area contributed by atoms with E-state index in [9.17, 15) is 9.59 Å². The quantitative estimate of drug-likeness (QED) is 0.363. The van der Waals surface area contributed by atoms with Gasteiger partial charge in [0.25, 0.3) is 5.91 Å². The molecule has 3 amide bonds. The van der Waals surface area contributed by atoms with Crippen LogP contribution in [0.25, 0.3) is 0 Å². The van der Waals surface area contributed by atoms with E-state index in [1.807, 2.05) is 29.2 Å². The average Bonchev–Trinajstić information content (AvgIpc) is 3.45. The van der Waals surface area contributed by atoms with Gasteiger partial charge in [-0.15, -0.1) is 0 Å². The molecule has 192 valence electrons. The first-order valence-electron chi connectivity index (χ1n) is 12.9. The Morgan fingerprint density at radius 3 is 2.43 bits per heavy atom. The zero-order valence-corrected chi connectivity index (χ0v) is 21.2. The third kappa shape index (κ3) is 6.91. The molecule has 0 atom stereocenters. The van der Waals surface area contributed by atoms with Crippen LogP contribution in [0, 0.1) is 11.3 Å². The molecule has 8 heteroatoms. The number of carbonyl (C=O) groups is 2. The topological polar surface area (TPSA) is 102 Å². The summed E-state index contributed by atoms with van der Waals surface area (Å²) in [6.07, 6.45) is 6.79. The Kier molecular flexibility index (Phi) is 8.82. The summed E-state index contributed by atoms with van der Waals surface area (Å²) in [5.41, 5.74) is 3.02. The van der Waals surface area contributed by atoms with Crippen LogP contribution in [0.5, 0.6) is 0 Å². The summed E-state index contributed by atoms with van der Waals surface area (Å²) in [6.45, 7) is 4.96. The molecule has 2 N–H and O–H groups in total. The molecule has 0 radical (unpaired) electrons. The lowest BCUT2D eigenvalue weighted by Crippen LogP contribution is -2.37. The largest absolute Gasteiger partial charge is 0.467 e. The van der Waals surface area contributed by atoms with Crippen molar-refractivity contribution in [3.8, 4) is 6.07 Å². The van der Waals surface area contributed by atoms with E-state index in [0.29, 0.717) is 29.0 Å². The van der Waals surface area contributed by atoms with Gasteiger partial charge in [-0.2, -0.15) is 5.26 Å². The van der Waals surface area contributed by atoms with Crippen LogP contribution in [0.2, 0.25) is 0 Å². The number of amides is 3. The van der Waals surface area contributed by atoms with Crippen molar-refractivity contribution >= 4 is 29.0 Å². The maximum atomic E-state index is 13.7. The van der Waals surface area contributed by atoms with Gasteiger partial charge in [0.2, 0.25) is 0 Å². The van der Waals surface area contributed by atoms with E-state index in [1.54, 1.807) is 36.6 Å². The molecule has 1 aromatic heterocycles. The fourth-order valence-corrected chi connectivity index (χ4v) is 4.47. The standard InChI is InChI=1S/C29H33N5O3/c1-2-3-15-34(21-25-8-7-18-37-25)27-14-13-24(19-26(27)28(35)33-16-5-4-6-17-33)32-29(36)31-23-11-9-22(20-30)10-12-23/h7-14,18-19H,2-6,15-17,21H2,1H3,(H2,31,32,36). The number of carbonyl (C=O) groups excluding carboxylic acids is 2. The molecule has 2 aromatic carbocycles. The fraction of sp³-hybridized carbons (Fsp3) is 0.345. The van der Waals surface area contributed by atoms with Crippen LogP contribution < -0.4 is 15.5 Å². The van der Waals surface area contributed by atoms with Crippen LogP contribution in [0.3, 0.4) is 0 Å². The molecule has 0 spiro atoms. The van der Waals surface area contributed by atoms with Gasteiger partial charge in [0.1, 0.15) is 5.76 Å². The predicted octanol–water partition coefficient (Wildman–Crippen LogP) is 6.23. The Labute approximate surface area is 217 Å². The highest BCUT2D eigenvalue weighted by atomic mass is 16.3. The van der Waals surface area contributed by atoms with Crippen molar-refractivity contribution in [2.24, 2.45) is 0 Å². The maximum absolute atomic E-state index is 13.7. The normalized spacial score (nSPS) is 13.0. The van der Waals surface area contributed by atoms with Gasteiger partial charge >= 0.3 is 6.03 Å². The summed E-state index contributed by atoms with van der Waals surface area (Å²) in [7, 11) is 0. The molecule has 1 fully saturated rings. The zero-order chi connectivity index (χ0) is 26.0. The van der Waals surface area contributed by atoms with Gasteiger partial charge in [-0.1, -0.05) is 13.3 Å². The van der Waals surface area contributed by atoms with Crippen molar-refractivity contribution in [1.29, 1.82) is 5.26 Å². The van der Waals surface area contributed by atoms with Crippen LogP contribution in [0.1, 0.15) is 60.7 Å². The lowest BCUT2D eigenvalue weighted by atomic mass is 10.1. The number of likely N-dealkylation sites (tertiary alicyclic amines) is 1. The summed E-state index contributed by atoms with van der Waals surface area (Å²) < 4.78 is 5.61. The van der Waals surface area contributed by atoms with Gasteiger partial charge < -0.3 is 24.9 Å². The van der Waals surface area contributed by atoms with E-state index in [1.165, 1.54) is 0 Å². The number of unbranched alkanes of at least 4 members (excludes halogenated alkanes) is 1. The van der Waals surface area contributed by atoms with Gasteiger partial charge in [0, 0.05) is 31.0 Å². The minimum absolute atomic E-state index is 0.0215. The van der Waals surface area contributed by atoms with Crippen LogP contribution in [0.15, 0.2) is 65.3 Å². The highest BCUT2D eigenvalue weighted by Crippen LogP contribution is 2.29. The van der Waals surface area contributed by atoms with E-state index in [4.69, 9.17) is 9.68 Å². The molecule has 2 heterocycles. The van der Waals surface area contributed by atoms with Crippen LogP contribution >= 0.6 is 0 Å². The summed E-state index contributed by atoms with van der Waals surface area (Å²) in [5.74, 6) is 0.809. The van der Waals surface area contributed by atoms with Crippen LogP contribution in [-0.4, -0.2) is 36.5 Å². The maximum Gasteiger partial charge on any atom is 0.323 e. The number of anilines is 3. The number of nitriles is 1. The molecule has 4 rings (SSSR count). The summed E-state index contributed by atoms with van der Waals surface area (Å²) in [4.78, 5) is 30.5. The second-order valence-electron chi connectivity index (χ2n) is 9.21. The third-order valence-electron chi connectivity index (χ3n) is 6.45. The van der Waals surface area contributed by atoms with Crippen molar-refractivity contribution in [1.82, 2.24) is 4.90 Å². The van der Waals surface area contributed by atoms with Crippen molar-refractivity contribution in [2.75, 3.05) is 35.2 Å². The SMILES string of the molecule is CCCCN(Cc1ccco1)c1ccc(NC(=O)Nc2ccc(C#N)cc2)cc1C(=O)N1CCCCC1. The highest BCUT2D eigenvalue weighted by Gasteiger charge is 2.24. The van der Waals surface area contributed by atoms with Gasteiger partial charge in [-0.05, 0) is 80.3 Å². The Morgan fingerprint density at radius 1 is 1.03 bits per heavy atom. The first-order chi connectivity index (χ1) is 18.1. The van der Waals surface area contributed by atoms with Gasteiger partial charge in [-0.3, -0.25) is 4.79 Å². The molecule has 0 bridgehead atoms. The molecule has 0 unspecified atom stereocenters. The minimum Gasteiger partial charge on any atom is -0.467 e. The summed E-state index contributed by atoms with van der Waals surface area (Å²) >= 11 is 0. The number of piperidine rings is 1. The van der Waals surface area contributed by atoms with Crippen molar-refractivity contribution < 1.29 is 14.0 Å². The van der Waals surface area contributed by atoms with Crippen molar-refractivity contribution in [2.45, 2.75) is 45.6 Å². The minimum atomic E-state index is -0.424. The molecule has 0 aliphatic carbocycles. The fourth-order valence-electron chi connectivity index (χ4n) is 4.47. The smallest absolute Gasteiger partial charge is 0.323 e. The second-order valence-corrected chi connectivity index (χ2v) is 9.21. The number of hydrogen-bond acceptors (Lipinski definition) is 5. The zero-order valence-electron chi connectivity index (χ0n) is 21.2. The van der Waals surface area contributed by atoms with Crippen molar-refractivity contribution in [3.63, 3.8) is 0 Å². The van der Waals surface area contributed by atoms with Crippen molar-refractivity contribution in [3.05, 3.63) is 77.7 Å². The van der Waals surface area contributed by atoms with E-state index in [-0.39, 0.29) is 5.91 Å². The number of furan rings is 1. The highest BCUT2D eigenvalue weighted by molar-refractivity contribution is 6.04. The molecule has 1 saturated heterocycles. The van der Waals surface area contributed by atoms with Gasteiger partial charge in [0.05, 0.1) is 35.7 Å². The monoisotopic (exact) mass is 499 g/mol. The second kappa shape index (κ2) is 12.6. The molecule has 1 aliphatic heterocycles. The number of rotatable bonds is 9. The first-order valence-corrected chi connectivity index (χ1v) is 12.9. The molecule has 37 heavy (non-hydrogen) atoms. The average molecular weight is 500 g/mol. The molecular formula is C29H33N5O3. The third-order valence-corrected chi connectivity index (χ3v) is 6.45. The Morgan fingerprint density at radius 2 is 1.76 bits per heavy atom. The summed E-state index contributed by atoms with van der Waals surface area (Å²) in [6, 6.07) is 17.6. The van der Waals surface area contributed by atoms with E-state index in [2.05, 4.69) is 28.5 Å². The summed E-state index contributed by atoms with van der Waals surface area (Å²) in [5, 5.41) is 14.6. The predicted molar refractivity (Wildman–Crippen MR) is 145 cm³/mol. The number of urea groups is 1. The van der Waals surface area contributed by atoms with Crippen LogP contribution in [0.4, 0.5) is 21.9 Å². The lowest BCUT2D eigenvalue weighted by Gasteiger charge is -2.31. The van der Waals surface area contributed by atoms with E-state index < -0.39 is 6.03 Å². The van der Waals surface area contributed by atoms with E-state index in [0.717, 1.165) is 63.2 Å². The molecule has 8 nitrogen and oxygen atoms in total. The molecule has 1 aliphatic rings. The number of benzene rings is 2. The molecule has 0 saturated carbocycles. The Bertz CT molecular complexity index is 1230. The Hall–Kier alpha value is -4.25. The lowest BCUT2D eigenvalue weighted by molar-refractivity contribution is 0.0725. The van der Waals surface area contributed by atoms with Gasteiger partial charge in [-0.25, -0.2) is 4.79 Å². The first kappa shape index (κ1) is 25.8. The van der Waals surface area contributed by atoms with Crippen LogP contribution in [-0.2, 0) is 6.54 Å². The van der Waals surface area contributed by atoms with Gasteiger partial charge in [0.15, 0.2) is 0 Å². The molecule has 3 aromatic rings. The molecular weight excluding hydrogens is 466 g/mol. The van der Waals surface area contributed by atoms with E-state index >= 15 is 0 Å². The Balaban J connectivity index is 1.60.